The van der Waals surface area contributed by atoms with E-state index in [1.807, 2.05) is 18.2 Å². The highest BCUT2D eigenvalue weighted by Crippen LogP contribution is 2.38. The number of anilines is 1. The molecule has 2 rings (SSSR count). The smallest absolute Gasteiger partial charge is 0.135 e. The molecule has 14 heavy (non-hydrogen) atoms. The van der Waals surface area contributed by atoms with E-state index < -0.39 is 5.67 Å². The largest absolute Gasteiger partial charge is 0.385 e. The van der Waals surface area contributed by atoms with Gasteiger partial charge in [-0.25, -0.2) is 4.39 Å². The van der Waals surface area contributed by atoms with E-state index in [-0.39, 0.29) is 0 Å². The number of fused-ring (bicyclic) bond motifs is 1. The minimum Gasteiger partial charge on any atom is -0.385 e. The fourth-order valence-electron chi connectivity index (χ4n) is 1.88. The number of nitrogens with one attached hydrogen (secondary N) is 1. The van der Waals surface area contributed by atoms with E-state index in [4.69, 9.17) is 0 Å². The summed E-state index contributed by atoms with van der Waals surface area (Å²) < 4.78 is 15.2. The van der Waals surface area contributed by atoms with Crippen LogP contribution < -0.4 is 5.32 Å². The highest BCUT2D eigenvalue weighted by Gasteiger charge is 2.30. The van der Waals surface area contributed by atoms with Crippen LogP contribution in [0.2, 0.25) is 0 Å². The van der Waals surface area contributed by atoms with E-state index in [0.717, 1.165) is 28.7 Å². The molecule has 0 saturated carbocycles. The quantitative estimate of drug-likeness (QED) is 0.745. The van der Waals surface area contributed by atoms with Crippen LogP contribution in [0.25, 0.3) is 0 Å². The first kappa shape index (κ1) is 9.97. The zero-order valence-electron chi connectivity index (χ0n) is 8.11. The van der Waals surface area contributed by atoms with Gasteiger partial charge in [-0.15, -0.1) is 0 Å². The lowest BCUT2D eigenvalue weighted by atomic mass is 9.93. The van der Waals surface area contributed by atoms with E-state index in [9.17, 15) is 4.39 Å². The Labute approximate surface area is 91.8 Å². The molecule has 1 aromatic rings. The van der Waals surface area contributed by atoms with Crippen molar-refractivity contribution in [3.05, 3.63) is 28.2 Å². The van der Waals surface area contributed by atoms with Crippen LogP contribution in [0.1, 0.15) is 25.3 Å². The molecule has 1 aromatic carbocycles. The maximum absolute atomic E-state index is 14.2. The van der Waals surface area contributed by atoms with Crippen molar-refractivity contribution in [2.75, 3.05) is 11.9 Å². The summed E-state index contributed by atoms with van der Waals surface area (Å²) in [4.78, 5) is 0. The highest BCUT2D eigenvalue weighted by atomic mass is 79.9. The van der Waals surface area contributed by atoms with Gasteiger partial charge in [0.05, 0.1) is 0 Å². The molecule has 0 aliphatic carbocycles. The third-order valence-corrected chi connectivity index (χ3v) is 3.17. The van der Waals surface area contributed by atoms with Crippen molar-refractivity contribution in [3.8, 4) is 0 Å². The maximum Gasteiger partial charge on any atom is 0.135 e. The molecule has 1 nitrogen and oxygen atoms in total. The standard InChI is InChI=1S/C11H13BrFN/c1-11(13)5-2-6-14-10-4-3-8(12)7-9(10)11/h3-4,7,14H,2,5-6H2,1H3. The summed E-state index contributed by atoms with van der Waals surface area (Å²) in [6, 6.07) is 5.74. The summed E-state index contributed by atoms with van der Waals surface area (Å²) in [5.41, 5.74) is 0.489. The van der Waals surface area contributed by atoms with Gasteiger partial charge in [0.15, 0.2) is 0 Å². The van der Waals surface area contributed by atoms with Crippen LogP contribution >= 0.6 is 15.9 Å². The Morgan fingerprint density at radius 3 is 3.07 bits per heavy atom. The number of hydrogen-bond acceptors (Lipinski definition) is 1. The molecular weight excluding hydrogens is 245 g/mol. The molecule has 1 atom stereocenters. The zero-order chi connectivity index (χ0) is 10.2. The lowest BCUT2D eigenvalue weighted by molar-refractivity contribution is 0.178. The number of hydrogen-bond donors (Lipinski definition) is 1. The molecule has 0 saturated heterocycles. The second-order valence-corrected chi connectivity index (χ2v) is 4.83. The molecule has 0 aromatic heterocycles. The Balaban J connectivity index is 2.52. The summed E-state index contributed by atoms with van der Waals surface area (Å²) in [5, 5.41) is 3.25. The van der Waals surface area contributed by atoms with Gasteiger partial charge in [-0.1, -0.05) is 15.9 Å². The first-order chi connectivity index (χ1) is 6.59. The summed E-state index contributed by atoms with van der Waals surface area (Å²) in [7, 11) is 0. The molecule has 1 heterocycles. The predicted molar refractivity (Wildman–Crippen MR) is 60.3 cm³/mol. The normalized spacial score (nSPS) is 26.2. The van der Waals surface area contributed by atoms with Crippen LogP contribution in [-0.4, -0.2) is 6.54 Å². The van der Waals surface area contributed by atoms with Gasteiger partial charge in [-0.05, 0) is 38.0 Å². The lowest BCUT2D eigenvalue weighted by Crippen LogP contribution is -2.14. The predicted octanol–water partition coefficient (Wildman–Crippen LogP) is 3.84. The molecule has 3 heteroatoms. The molecule has 1 aliphatic heterocycles. The van der Waals surface area contributed by atoms with Crippen molar-refractivity contribution in [2.24, 2.45) is 0 Å². The summed E-state index contributed by atoms with van der Waals surface area (Å²) >= 11 is 3.37. The third kappa shape index (κ3) is 1.78. The van der Waals surface area contributed by atoms with Gasteiger partial charge in [0.2, 0.25) is 0 Å². The Morgan fingerprint density at radius 1 is 1.50 bits per heavy atom. The first-order valence-electron chi connectivity index (χ1n) is 4.82. The van der Waals surface area contributed by atoms with Crippen LogP contribution in [0.4, 0.5) is 10.1 Å². The van der Waals surface area contributed by atoms with Gasteiger partial charge in [0.25, 0.3) is 0 Å². The van der Waals surface area contributed by atoms with E-state index in [0.29, 0.717) is 6.42 Å². The van der Waals surface area contributed by atoms with Crippen LogP contribution in [0.15, 0.2) is 22.7 Å². The second-order valence-electron chi connectivity index (χ2n) is 3.92. The third-order valence-electron chi connectivity index (χ3n) is 2.68. The summed E-state index contributed by atoms with van der Waals surface area (Å²) in [6.07, 6.45) is 1.46. The molecule has 0 amide bonds. The Morgan fingerprint density at radius 2 is 2.29 bits per heavy atom. The lowest BCUT2D eigenvalue weighted by Gasteiger charge is -2.20. The Hall–Kier alpha value is -0.570. The first-order valence-corrected chi connectivity index (χ1v) is 5.62. The molecular formula is C11H13BrFN. The SMILES string of the molecule is CC1(F)CCCNc2ccc(Br)cc21. The van der Waals surface area contributed by atoms with E-state index >= 15 is 0 Å². The molecule has 0 fully saturated rings. The van der Waals surface area contributed by atoms with Crippen LogP contribution in [0.5, 0.6) is 0 Å². The minimum absolute atomic E-state index is 0.587. The average Bonchev–Trinajstić information content (AvgIpc) is 2.26. The van der Waals surface area contributed by atoms with Gasteiger partial charge in [-0.2, -0.15) is 0 Å². The number of alkyl halides is 1. The van der Waals surface area contributed by atoms with Crippen molar-refractivity contribution < 1.29 is 4.39 Å². The van der Waals surface area contributed by atoms with Crippen LogP contribution in [0, 0.1) is 0 Å². The summed E-state index contributed by atoms with van der Waals surface area (Å²) in [5.74, 6) is 0. The number of halogens is 2. The molecule has 1 unspecified atom stereocenters. The van der Waals surface area contributed by atoms with Gasteiger partial charge in [-0.3, -0.25) is 0 Å². The zero-order valence-corrected chi connectivity index (χ0v) is 9.70. The highest BCUT2D eigenvalue weighted by molar-refractivity contribution is 9.10. The van der Waals surface area contributed by atoms with Crippen molar-refractivity contribution >= 4 is 21.6 Å². The van der Waals surface area contributed by atoms with Crippen molar-refractivity contribution in [1.29, 1.82) is 0 Å². The molecule has 1 N–H and O–H groups in total. The van der Waals surface area contributed by atoms with E-state index in [2.05, 4.69) is 21.2 Å². The molecule has 0 radical (unpaired) electrons. The van der Waals surface area contributed by atoms with Crippen LogP contribution in [0.3, 0.4) is 0 Å². The summed E-state index contributed by atoms with van der Waals surface area (Å²) in [6.45, 7) is 2.51. The fraction of sp³-hybridized carbons (Fsp3) is 0.455. The van der Waals surface area contributed by atoms with Crippen molar-refractivity contribution in [2.45, 2.75) is 25.4 Å². The monoisotopic (exact) mass is 257 g/mol. The van der Waals surface area contributed by atoms with Crippen molar-refractivity contribution in [3.63, 3.8) is 0 Å². The van der Waals surface area contributed by atoms with E-state index in [1.54, 1.807) is 6.92 Å². The van der Waals surface area contributed by atoms with Crippen LogP contribution in [-0.2, 0) is 5.67 Å². The molecule has 0 spiro atoms. The molecule has 1 aliphatic rings. The van der Waals surface area contributed by atoms with Crippen molar-refractivity contribution in [1.82, 2.24) is 0 Å². The minimum atomic E-state index is -1.21. The van der Waals surface area contributed by atoms with Gasteiger partial charge in [0, 0.05) is 22.3 Å². The average molecular weight is 258 g/mol. The van der Waals surface area contributed by atoms with Gasteiger partial charge < -0.3 is 5.32 Å². The Bertz CT molecular complexity index is 349. The second kappa shape index (κ2) is 3.54. The molecule has 0 bridgehead atoms. The van der Waals surface area contributed by atoms with Gasteiger partial charge >= 0.3 is 0 Å². The van der Waals surface area contributed by atoms with E-state index in [1.165, 1.54) is 0 Å². The maximum atomic E-state index is 14.2. The number of rotatable bonds is 0. The van der Waals surface area contributed by atoms with Gasteiger partial charge in [0.1, 0.15) is 5.67 Å². The topological polar surface area (TPSA) is 12.0 Å². The molecule has 76 valence electrons. The fourth-order valence-corrected chi connectivity index (χ4v) is 2.24. The Kier molecular flexibility index (Phi) is 2.52. The number of benzene rings is 1.